The minimum absolute atomic E-state index is 0.668. The van der Waals surface area contributed by atoms with Crippen LogP contribution < -0.4 is 0 Å². The number of aromatic amines is 1. The maximum absolute atomic E-state index is 4.47. The average molecular weight is 277 g/mol. The fourth-order valence-electron chi connectivity index (χ4n) is 2.03. The lowest BCUT2D eigenvalue weighted by Crippen LogP contribution is -2.10. The minimum atomic E-state index is 0.668. The van der Waals surface area contributed by atoms with Gasteiger partial charge in [0.25, 0.3) is 0 Å². The van der Waals surface area contributed by atoms with E-state index in [9.17, 15) is 0 Å². The molecule has 2 aromatic rings. The third kappa shape index (κ3) is 1.80. The molecule has 0 bridgehead atoms. The van der Waals surface area contributed by atoms with Crippen molar-refractivity contribution in [2.45, 2.75) is 25.2 Å². The van der Waals surface area contributed by atoms with Crippen LogP contribution in [0.5, 0.6) is 0 Å². The Morgan fingerprint density at radius 2 is 2.19 bits per heavy atom. The Morgan fingerprint density at radius 3 is 2.88 bits per heavy atom. The first-order chi connectivity index (χ1) is 7.83. The fourth-order valence-corrected chi connectivity index (χ4v) is 2.43. The summed E-state index contributed by atoms with van der Waals surface area (Å²) in [6.07, 6.45) is 5.85. The van der Waals surface area contributed by atoms with Crippen molar-refractivity contribution < 1.29 is 0 Å². The Morgan fingerprint density at radius 1 is 1.31 bits per heavy atom. The molecule has 1 aromatic carbocycles. The first-order valence-corrected chi connectivity index (χ1v) is 6.43. The summed E-state index contributed by atoms with van der Waals surface area (Å²) >= 11 is 3.49. The number of imidazole rings is 1. The van der Waals surface area contributed by atoms with Gasteiger partial charge in [-0.25, -0.2) is 4.98 Å². The van der Waals surface area contributed by atoms with E-state index in [0.717, 1.165) is 16.0 Å². The van der Waals surface area contributed by atoms with Crippen molar-refractivity contribution in [3.8, 4) is 11.3 Å². The number of aromatic nitrogens is 2. The van der Waals surface area contributed by atoms with E-state index in [1.807, 2.05) is 18.3 Å². The fraction of sp³-hybridized carbons (Fsp3) is 0.308. The van der Waals surface area contributed by atoms with Gasteiger partial charge >= 0.3 is 0 Å². The van der Waals surface area contributed by atoms with Gasteiger partial charge in [-0.15, -0.1) is 0 Å². The Balaban J connectivity index is 1.91. The number of benzene rings is 1. The van der Waals surface area contributed by atoms with Crippen molar-refractivity contribution in [3.63, 3.8) is 0 Å². The lowest BCUT2D eigenvalue weighted by atomic mass is 9.85. The topological polar surface area (TPSA) is 28.7 Å². The zero-order valence-corrected chi connectivity index (χ0v) is 10.5. The Hall–Kier alpha value is -1.09. The van der Waals surface area contributed by atoms with E-state index >= 15 is 0 Å². The van der Waals surface area contributed by atoms with E-state index in [1.165, 1.54) is 24.8 Å². The second kappa shape index (κ2) is 4.06. The van der Waals surface area contributed by atoms with Crippen LogP contribution in [0.4, 0.5) is 0 Å². The van der Waals surface area contributed by atoms with E-state index in [1.54, 1.807) is 0 Å². The molecule has 0 amide bonds. The van der Waals surface area contributed by atoms with Gasteiger partial charge in [0.15, 0.2) is 0 Å². The van der Waals surface area contributed by atoms with Crippen LogP contribution in [0.25, 0.3) is 11.3 Å². The lowest BCUT2D eigenvalue weighted by molar-refractivity contribution is 0.404. The standard InChI is InChI=1S/C13H13BrN2/c14-11-6-2-5-10(7-11)12-8-15-13(16-12)9-3-1-4-9/h2,5-9H,1,3-4H2,(H,15,16). The van der Waals surface area contributed by atoms with Crippen molar-refractivity contribution in [2.24, 2.45) is 0 Å². The first kappa shape index (κ1) is 10.1. The molecule has 0 spiro atoms. The third-order valence-electron chi connectivity index (χ3n) is 3.22. The largest absolute Gasteiger partial charge is 0.342 e. The summed E-state index contributed by atoms with van der Waals surface area (Å²) in [7, 11) is 0. The molecule has 1 aromatic heterocycles. The molecule has 0 unspecified atom stereocenters. The number of halogens is 1. The summed E-state index contributed by atoms with van der Waals surface area (Å²) in [5.74, 6) is 1.82. The van der Waals surface area contributed by atoms with Gasteiger partial charge in [0.1, 0.15) is 5.82 Å². The second-order valence-corrected chi connectivity index (χ2v) is 5.24. The molecule has 1 heterocycles. The maximum Gasteiger partial charge on any atom is 0.109 e. The maximum atomic E-state index is 4.47. The molecular formula is C13H13BrN2. The second-order valence-electron chi connectivity index (χ2n) is 4.32. The minimum Gasteiger partial charge on any atom is -0.342 e. The molecule has 3 heteroatoms. The molecule has 82 valence electrons. The predicted molar refractivity (Wildman–Crippen MR) is 68.3 cm³/mol. The molecular weight excluding hydrogens is 264 g/mol. The number of hydrogen-bond donors (Lipinski definition) is 1. The van der Waals surface area contributed by atoms with Crippen LogP contribution in [0, 0.1) is 0 Å². The summed E-state index contributed by atoms with van der Waals surface area (Å²) in [4.78, 5) is 7.90. The van der Waals surface area contributed by atoms with E-state index in [0.29, 0.717) is 5.92 Å². The van der Waals surface area contributed by atoms with E-state index in [-0.39, 0.29) is 0 Å². The molecule has 0 aliphatic heterocycles. The SMILES string of the molecule is Brc1cccc(-c2cnc(C3CCC3)[nH]2)c1. The van der Waals surface area contributed by atoms with E-state index < -0.39 is 0 Å². The average Bonchev–Trinajstić information content (AvgIpc) is 2.64. The Labute approximate surface area is 103 Å². The quantitative estimate of drug-likeness (QED) is 0.879. The zero-order chi connectivity index (χ0) is 11.0. The molecule has 0 saturated heterocycles. The summed E-state index contributed by atoms with van der Waals surface area (Å²) in [6, 6.07) is 8.29. The highest BCUT2D eigenvalue weighted by atomic mass is 79.9. The van der Waals surface area contributed by atoms with Crippen molar-refractivity contribution in [1.82, 2.24) is 9.97 Å². The van der Waals surface area contributed by atoms with Crippen molar-refractivity contribution in [2.75, 3.05) is 0 Å². The molecule has 1 aliphatic carbocycles. The van der Waals surface area contributed by atoms with Crippen LogP contribution in [0.2, 0.25) is 0 Å². The van der Waals surface area contributed by atoms with Crippen molar-refractivity contribution >= 4 is 15.9 Å². The van der Waals surface area contributed by atoms with Gasteiger partial charge < -0.3 is 4.98 Å². The van der Waals surface area contributed by atoms with Crippen LogP contribution in [-0.4, -0.2) is 9.97 Å². The number of nitrogens with one attached hydrogen (secondary N) is 1. The predicted octanol–water partition coefficient (Wildman–Crippen LogP) is 4.11. The zero-order valence-electron chi connectivity index (χ0n) is 8.91. The van der Waals surface area contributed by atoms with E-state index in [2.05, 4.69) is 38.0 Å². The molecule has 1 saturated carbocycles. The van der Waals surface area contributed by atoms with Crippen LogP contribution in [0.15, 0.2) is 34.9 Å². The number of H-pyrrole nitrogens is 1. The summed E-state index contributed by atoms with van der Waals surface area (Å²) < 4.78 is 1.10. The van der Waals surface area contributed by atoms with Crippen LogP contribution in [0.1, 0.15) is 31.0 Å². The van der Waals surface area contributed by atoms with E-state index in [4.69, 9.17) is 0 Å². The van der Waals surface area contributed by atoms with Gasteiger partial charge in [0.05, 0.1) is 11.9 Å². The molecule has 1 fully saturated rings. The number of rotatable bonds is 2. The first-order valence-electron chi connectivity index (χ1n) is 5.64. The van der Waals surface area contributed by atoms with Crippen LogP contribution in [0.3, 0.4) is 0 Å². The lowest BCUT2D eigenvalue weighted by Gasteiger charge is -2.22. The molecule has 3 rings (SSSR count). The normalized spacial score (nSPS) is 16.1. The summed E-state index contributed by atoms with van der Waals surface area (Å²) in [5.41, 5.74) is 2.30. The van der Waals surface area contributed by atoms with Gasteiger partial charge in [-0.1, -0.05) is 34.5 Å². The molecule has 0 atom stereocenters. The van der Waals surface area contributed by atoms with Gasteiger partial charge in [-0.05, 0) is 25.0 Å². The van der Waals surface area contributed by atoms with Crippen LogP contribution in [-0.2, 0) is 0 Å². The third-order valence-corrected chi connectivity index (χ3v) is 3.72. The van der Waals surface area contributed by atoms with Crippen LogP contribution >= 0.6 is 15.9 Å². The van der Waals surface area contributed by atoms with Crippen molar-refractivity contribution in [3.05, 3.63) is 40.8 Å². The smallest absolute Gasteiger partial charge is 0.109 e. The summed E-state index contributed by atoms with van der Waals surface area (Å²) in [6.45, 7) is 0. The molecule has 0 radical (unpaired) electrons. The highest BCUT2D eigenvalue weighted by molar-refractivity contribution is 9.10. The highest BCUT2D eigenvalue weighted by Gasteiger charge is 2.22. The molecule has 1 aliphatic rings. The van der Waals surface area contributed by atoms with Gasteiger partial charge in [0, 0.05) is 16.0 Å². The van der Waals surface area contributed by atoms with Gasteiger partial charge in [-0.3, -0.25) is 0 Å². The Bertz CT molecular complexity index is 500. The Kier molecular flexibility index (Phi) is 2.56. The summed E-state index contributed by atoms with van der Waals surface area (Å²) in [5, 5.41) is 0. The number of hydrogen-bond acceptors (Lipinski definition) is 1. The van der Waals surface area contributed by atoms with Gasteiger partial charge in [-0.2, -0.15) is 0 Å². The van der Waals surface area contributed by atoms with Gasteiger partial charge in [0.2, 0.25) is 0 Å². The molecule has 2 nitrogen and oxygen atoms in total. The monoisotopic (exact) mass is 276 g/mol. The number of nitrogens with zero attached hydrogens (tertiary/aromatic N) is 1. The van der Waals surface area contributed by atoms with Crippen molar-refractivity contribution in [1.29, 1.82) is 0 Å². The highest BCUT2D eigenvalue weighted by Crippen LogP contribution is 2.35. The molecule has 16 heavy (non-hydrogen) atoms. The molecule has 1 N–H and O–H groups in total.